The molecule has 12 nitrogen and oxygen atoms in total. The number of fused-ring (bicyclic) bond motifs is 8. The second-order valence-corrected chi connectivity index (χ2v) is 13.8. The SMILES string of the molecule is C[C@@H]1NC(=O)[C@@H]2C[C@H](n3cc(-c4ccccc4)nn3)CN2C2CCN(CC2)C(=O)[C@@H]2C[C@H](CN2C2CCCC2)NC(=O)C[C@@H]1O. The molecule has 5 saturated heterocycles. The van der Waals surface area contributed by atoms with E-state index in [4.69, 9.17) is 0 Å². The molecule has 12 heteroatoms. The summed E-state index contributed by atoms with van der Waals surface area (Å²) in [5.74, 6) is -0.233. The summed E-state index contributed by atoms with van der Waals surface area (Å²) in [5, 5.41) is 26.0. The molecular formula is C33H46N8O4. The number of nitrogens with one attached hydrogen (secondary N) is 2. The van der Waals surface area contributed by atoms with Gasteiger partial charge in [-0.15, -0.1) is 5.10 Å². The van der Waals surface area contributed by atoms with Crippen LogP contribution in [0.4, 0.5) is 0 Å². The van der Waals surface area contributed by atoms with Crippen molar-refractivity contribution in [2.45, 2.75) is 113 Å². The van der Waals surface area contributed by atoms with Crippen LogP contribution in [0.15, 0.2) is 36.5 Å². The summed E-state index contributed by atoms with van der Waals surface area (Å²) >= 11 is 0. The summed E-state index contributed by atoms with van der Waals surface area (Å²) in [4.78, 5) is 47.5. The number of aliphatic hydroxyl groups excluding tert-OH is 1. The maximum Gasteiger partial charge on any atom is 0.240 e. The Morgan fingerprint density at radius 3 is 2.31 bits per heavy atom. The Labute approximate surface area is 264 Å². The van der Waals surface area contributed by atoms with E-state index in [2.05, 4.69) is 30.7 Å². The van der Waals surface area contributed by atoms with Gasteiger partial charge in [-0.2, -0.15) is 0 Å². The Hall–Kier alpha value is -3.35. The molecule has 4 bridgehead atoms. The minimum atomic E-state index is -1.02. The van der Waals surface area contributed by atoms with Crippen LogP contribution in [0.3, 0.4) is 0 Å². The van der Waals surface area contributed by atoms with Gasteiger partial charge >= 0.3 is 0 Å². The van der Waals surface area contributed by atoms with Crippen LogP contribution in [0.5, 0.6) is 0 Å². The third-order valence-corrected chi connectivity index (χ3v) is 10.9. The molecule has 6 aliphatic rings. The lowest BCUT2D eigenvalue weighted by molar-refractivity contribution is -0.139. The number of carbonyl (C=O) groups excluding carboxylic acids is 3. The molecule has 1 aromatic carbocycles. The summed E-state index contributed by atoms with van der Waals surface area (Å²) in [6.07, 6.45) is 8.13. The first kappa shape index (κ1) is 30.3. The number of aliphatic hydroxyl groups is 1. The molecule has 0 unspecified atom stereocenters. The van der Waals surface area contributed by atoms with Crippen LogP contribution < -0.4 is 10.6 Å². The van der Waals surface area contributed by atoms with E-state index in [0.29, 0.717) is 45.1 Å². The van der Waals surface area contributed by atoms with E-state index in [-0.39, 0.29) is 48.3 Å². The normalized spacial score (nSPS) is 34.1. The van der Waals surface area contributed by atoms with Gasteiger partial charge in [-0.3, -0.25) is 24.2 Å². The smallest absolute Gasteiger partial charge is 0.240 e. The molecule has 3 N–H and O–H groups in total. The van der Waals surface area contributed by atoms with E-state index < -0.39 is 18.2 Å². The van der Waals surface area contributed by atoms with Crippen molar-refractivity contribution in [2.24, 2.45) is 0 Å². The fourth-order valence-corrected chi connectivity index (χ4v) is 8.43. The van der Waals surface area contributed by atoms with Crippen LogP contribution in [0, 0.1) is 0 Å². The average molecular weight is 619 g/mol. The Bertz CT molecular complexity index is 1370. The van der Waals surface area contributed by atoms with Crippen LogP contribution in [0.2, 0.25) is 0 Å². The van der Waals surface area contributed by atoms with E-state index in [0.717, 1.165) is 36.9 Å². The van der Waals surface area contributed by atoms with Gasteiger partial charge in [-0.1, -0.05) is 48.4 Å². The molecule has 6 atom stereocenters. The Morgan fingerprint density at radius 2 is 1.56 bits per heavy atom. The first-order valence-electron chi connectivity index (χ1n) is 16.9. The molecule has 1 saturated carbocycles. The largest absolute Gasteiger partial charge is 0.390 e. The molecule has 6 heterocycles. The van der Waals surface area contributed by atoms with E-state index in [1.807, 2.05) is 46.1 Å². The molecule has 1 aliphatic carbocycles. The number of likely N-dealkylation sites (tertiary alicyclic amines) is 1. The summed E-state index contributed by atoms with van der Waals surface area (Å²) in [6, 6.07) is 9.05. The number of hydrogen-bond donors (Lipinski definition) is 3. The molecule has 1 aromatic heterocycles. The second-order valence-electron chi connectivity index (χ2n) is 13.8. The van der Waals surface area contributed by atoms with Crippen molar-refractivity contribution < 1.29 is 19.5 Å². The third-order valence-electron chi connectivity index (χ3n) is 10.9. The zero-order chi connectivity index (χ0) is 31.1. The van der Waals surface area contributed by atoms with Crippen LogP contribution in [0.1, 0.15) is 70.8 Å². The van der Waals surface area contributed by atoms with E-state index >= 15 is 0 Å². The van der Waals surface area contributed by atoms with Crippen molar-refractivity contribution in [3.05, 3.63) is 36.5 Å². The summed E-state index contributed by atoms with van der Waals surface area (Å²) in [5.41, 5.74) is 1.78. The highest BCUT2D eigenvalue weighted by Gasteiger charge is 2.46. The summed E-state index contributed by atoms with van der Waals surface area (Å²) < 4.78 is 1.88. The zero-order valence-corrected chi connectivity index (χ0v) is 26.1. The van der Waals surface area contributed by atoms with Crippen molar-refractivity contribution in [3.8, 4) is 11.3 Å². The highest BCUT2D eigenvalue weighted by molar-refractivity contribution is 5.84. The van der Waals surface area contributed by atoms with Crippen molar-refractivity contribution in [1.29, 1.82) is 0 Å². The fraction of sp³-hybridized carbons (Fsp3) is 0.667. The predicted molar refractivity (Wildman–Crippen MR) is 167 cm³/mol. The average Bonchev–Trinajstić information content (AvgIpc) is 3.87. The zero-order valence-electron chi connectivity index (χ0n) is 26.1. The quantitative estimate of drug-likeness (QED) is 0.469. The third kappa shape index (κ3) is 6.24. The number of amides is 3. The molecule has 6 fully saturated rings. The van der Waals surface area contributed by atoms with Crippen LogP contribution in [0.25, 0.3) is 11.3 Å². The number of nitrogens with zero attached hydrogens (tertiary/aromatic N) is 6. The van der Waals surface area contributed by atoms with E-state index in [1.165, 1.54) is 12.8 Å². The topological polar surface area (TPSA) is 136 Å². The monoisotopic (exact) mass is 618 g/mol. The second kappa shape index (κ2) is 12.8. The van der Waals surface area contributed by atoms with Gasteiger partial charge < -0.3 is 20.6 Å². The van der Waals surface area contributed by atoms with Crippen LogP contribution in [-0.2, 0) is 14.4 Å². The molecular weight excluding hydrogens is 572 g/mol. The first-order valence-corrected chi connectivity index (χ1v) is 16.9. The highest BCUT2D eigenvalue weighted by Crippen LogP contribution is 2.35. The lowest BCUT2D eigenvalue weighted by Crippen LogP contribution is -2.56. The Morgan fingerprint density at radius 1 is 0.844 bits per heavy atom. The molecule has 2 aromatic rings. The lowest BCUT2D eigenvalue weighted by atomic mass is 10.00. The maximum atomic E-state index is 14.0. The number of aromatic nitrogens is 3. The highest BCUT2D eigenvalue weighted by atomic mass is 16.3. The maximum absolute atomic E-state index is 14.0. The molecule has 8 rings (SSSR count). The number of rotatable bonds is 3. The van der Waals surface area contributed by atoms with Crippen molar-refractivity contribution in [3.63, 3.8) is 0 Å². The predicted octanol–water partition coefficient (Wildman–Crippen LogP) is 1.32. The van der Waals surface area contributed by atoms with Gasteiger partial charge in [-0.25, -0.2) is 4.68 Å². The first-order chi connectivity index (χ1) is 21.8. The van der Waals surface area contributed by atoms with E-state index in [1.54, 1.807) is 6.92 Å². The molecule has 45 heavy (non-hydrogen) atoms. The van der Waals surface area contributed by atoms with Crippen molar-refractivity contribution >= 4 is 17.7 Å². The van der Waals surface area contributed by atoms with Crippen LogP contribution in [-0.4, -0.2) is 121 Å². The fourth-order valence-electron chi connectivity index (χ4n) is 8.43. The van der Waals surface area contributed by atoms with Gasteiger partial charge in [0, 0.05) is 49.9 Å². The number of benzene rings is 1. The van der Waals surface area contributed by atoms with E-state index in [9.17, 15) is 19.5 Å². The molecule has 0 spiro atoms. The Balaban J connectivity index is 1.13. The number of carbonyl (C=O) groups is 3. The molecule has 242 valence electrons. The van der Waals surface area contributed by atoms with Gasteiger partial charge in [-0.05, 0) is 45.4 Å². The molecule has 5 aliphatic heterocycles. The summed E-state index contributed by atoms with van der Waals surface area (Å²) in [7, 11) is 0. The van der Waals surface area contributed by atoms with Crippen molar-refractivity contribution in [1.82, 2.24) is 40.3 Å². The lowest BCUT2D eigenvalue weighted by Gasteiger charge is -2.41. The standard InChI is InChI=1S/C33H46N8O4/c1-21-30(42)17-31(43)35-23-15-29(39(18-23)24-9-5-6-10-24)33(45)38-13-11-25(12-14-38)40-19-26(16-28(40)32(44)34-21)41-20-27(36-37-41)22-7-3-2-4-8-22/h2-4,7-8,20-21,23-26,28-30,42H,5-6,9-19H2,1H3,(H,34,44)(H,35,43)/t21-,23+,26-,28-,29-,30-/m0/s1. The van der Waals surface area contributed by atoms with Crippen molar-refractivity contribution in [2.75, 3.05) is 26.2 Å². The van der Waals surface area contributed by atoms with Gasteiger partial charge in [0.2, 0.25) is 17.7 Å². The minimum absolute atomic E-state index is 0.0441. The minimum Gasteiger partial charge on any atom is -0.390 e. The summed E-state index contributed by atoms with van der Waals surface area (Å²) in [6.45, 7) is 4.38. The Kier molecular flexibility index (Phi) is 8.62. The van der Waals surface area contributed by atoms with Gasteiger partial charge in [0.05, 0.1) is 42.9 Å². The van der Waals surface area contributed by atoms with Gasteiger partial charge in [0.1, 0.15) is 5.69 Å². The van der Waals surface area contributed by atoms with Crippen LogP contribution >= 0.6 is 0 Å². The number of piperidine rings is 1. The molecule has 3 amide bonds. The number of hydrogen-bond acceptors (Lipinski definition) is 8. The van der Waals surface area contributed by atoms with Gasteiger partial charge in [0.25, 0.3) is 0 Å². The van der Waals surface area contributed by atoms with Gasteiger partial charge in [0.15, 0.2) is 0 Å². The molecule has 0 radical (unpaired) electrons.